The zero-order valence-corrected chi connectivity index (χ0v) is 6.60. The highest BCUT2D eigenvalue weighted by atomic mass is 15.2. The monoisotopic (exact) mass is 159 g/mol. The smallest absolute Gasteiger partial charge is 0.0756 e. The number of nitrogens with zero attached hydrogens (tertiary/aromatic N) is 4. The highest BCUT2D eigenvalue weighted by Crippen LogP contribution is 2.07. The average molecular weight is 159 g/mol. The van der Waals surface area contributed by atoms with E-state index < -0.39 is 0 Å². The van der Waals surface area contributed by atoms with Crippen LogP contribution < -0.4 is 4.98 Å². The molecule has 0 aliphatic rings. The van der Waals surface area contributed by atoms with E-state index in [9.17, 15) is 0 Å². The third-order valence-corrected chi connectivity index (χ3v) is 1.45. The van der Waals surface area contributed by atoms with Gasteiger partial charge < -0.3 is 15.2 Å². The molecule has 4 nitrogen and oxygen atoms in total. The number of aromatic nitrogens is 4. The van der Waals surface area contributed by atoms with E-state index in [0.29, 0.717) is 11.6 Å². The SMILES string of the molecule is Cc1nnc(-c2ccccn2)[n-]1. The molecule has 0 aromatic carbocycles. The maximum atomic E-state index is 4.10. The molecule has 0 saturated heterocycles. The molecule has 0 atom stereocenters. The molecular weight excluding hydrogens is 152 g/mol. The molecule has 60 valence electrons. The number of hydrogen-bond acceptors (Lipinski definition) is 3. The van der Waals surface area contributed by atoms with E-state index in [1.165, 1.54) is 0 Å². The van der Waals surface area contributed by atoms with Gasteiger partial charge in [0.05, 0.1) is 5.69 Å². The Morgan fingerprint density at radius 1 is 1.25 bits per heavy atom. The van der Waals surface area contributed by atoms with Crippen molar-refractivity contribution in [1.29, 1.82) is 0 Å². The molecule has 12 heavy (non-hydrogen) atoms. The molecule has 0 saturated carbocycles. The Kier molecular flexibility index (Phi) is 1.59. The summed E-state index contributed by atoms with van der Waals surface area (Å²) in [6, 6.07) is 5.61. The second-order valence-corrected chi connectivity index (χ2v) is 2.40. The maximum Gasteiger partial charge on any atom is 0.0756 e. The molecule has 2 aromatic rings. The summed E-state index contributed by atoms with van der Waals surface area (Å²) in [6.45, 7) is 1.80. The number of hydrogen-bond donors (Lipinski definition) is 0. The van der Waals surface area contributed by atoms with E-state index in [1.807, 2.05) is 18.2 Å². The van der Waals surface area contributed by atoms with Crippen LogP contribution in [0.4, 0.5) is 0 Å². The fourth-order valence-electron chi connectivity index (χ4n) is 0.921. The van der Waals surface area contributed by atoms with E-state index in [-0.39, 0.29) is 0 Å². The van der Waals surface area contributed by atoms with Gasteiger partial charge >= 0.3 is 0 Å². The largest absolute Gasteiger partial charge is 0.361 e. The molecule has 4 heteroatoms. The molecule has 2 rings (SSSR count). The summed E-state index contributed by atoms with van der Waals surface area (Å²) >= 11 is 0. The van der Waals surface area contributed by atoms with Crippen LogP contribution in [-0.2, 0) is 0 Å². The summed E-state index contributed by atoms with van der Waals surface area (Å²) < 4.78 is 0. The minimum absolute atomic E-state index is 0.591. The fraction of sp³-hybridized carbons (Fsp3) is 0.125. The van der Waals surface area contributed by atoms with Crippen molar-refractivity contribution in [3.05, 3.63) is 30.2 Å². The van der Waals surface area contributed by atoms with Crippen LogP contribution in [0.15, 0.2) is 24.4 Å². The molecule has 0 aliphatic carbocycles. The lowest BCUT2D eigenvalue weighted by Gasteiger charge is -1.96. The number of aryl methyl sites for hydroxylation is 1. The topological polar surface area (TPSA) is 52.8 Å². The van der Waals surface area contributed by atoms with Gasteiger partial charge in [-0.25, -0.2) is 0 Å². The molecule has 0 unspecified atom stereocenters. The lowest BCUT2D eigenvalue weighted by Crippen LogP contribution is -1.85. The summed E-state index contributed by atoms with van der Waals surface area (Å²) in [4.78, 5) is 8.19. The minimum Gasteiger partial charge on any atom is -0.361 e. The summed E-state index contributed by atoms with van der Waals surface area (Å²) in [7, 11) is 0. The van der Waals surface area contributed by atoms with Gasteiger partial charge in [-0.05, 0) is 24.9 Å². The third-order valence-electron chi connectivity index (χ3n) is 1.45. The first kappa shape index (κ1) is 6.97. The minimum atomic E-state index is 0.591. The Hall–Kier alpha value is -1.71. The van der Waals surface area contributed by atoms with Crippen molar-refractivity contribution in [2.75, 3.05) is 0 Å². The Bertz CT molecular complexity index is 366. The Balaban J connectivity index is 2.45. The predicted octanol–water partition coefficient (Wildman–Crippen LogP) is 0.804. The van der Waals surface area contributed by atoms with E-state index in [2.05, 4.69) is 20.2 Å². The first-order chi connectivity index (χ1) is 5.86. The molecule has 2 aromatic heterocycles. The standard InChI is InChI=1S/C8H7N4/c1-6-10-8(12-11-6)7-4-2-3-5-9-7/h2-5H,1H3/q-1. The van der Waals surface area contributed by atoms with Crippen LogP contribution in [0.2, 0.25) is 0 Å². The predicted molar refractivity (Wildman–Crippen MR) is 43.3 cm³/mol. The van der Waals surface area contributed by atoms with Crippen LogP contribution in [0.1, 0.15) is 5.82 Å². The lowest BCUT2D eigenvalue weighted by atomic mass is 10.3. The Morgan fingerprint density at radius 3 is 2.75 bits per heavy atom. The van der Waals surface area contributed by atoms with Crippen LogP contribution in [0, 0.1) is 6.92 Å². The van der Waals surface area contributed by atoms with E-state index >= 15 is 0 Å². The Morgan fingerprint density at radius 2 is 2.17 bits per heavy atom. The van der Waals surface area contributed by atoms with Crippen LogP contribution in [-0.4, -0.2) is 15.2 Å². The van der Waals surface area contributed by atoms with Crippen LogP contribution in [0.5, 0.6) is 0 Å². The zero-order chi connectivity index (χ0) is 8.39. The maximum absolute atomic E-state index is 4.10. The first-order valence-corrected chi connectivity index (χ1v) is 3.61. The van der Waals surface area contributed by atoms with Gasteiger partial charge in [0.1, 0.15) is 0 Å². The molecule has 0 spiro atoms. The molecule has 0 radical (unpaired) electrons. The molecule has 2 heterocycles. The van der Waals surface area contributed by atoms with E-state index in [0.717, 1.165) is 5.69 Å². The second kappa shape index (κ2) is 2.73. The molecule has 0 amide bonds. The Labute approximate surface area is 69.7 Å². The average Bonchev–Trinajstić information content (AvgIpc) is 2.54. The molecule has 0 fully saturated rings. The third kappa shape index (κ3) is 1.18. The fourth-order valence-corrected chi connectivity index (χ4v) is 0.921. The van der Waals surface area contributed by atoms with Crippen molar-refractivity contribution in [3.8, 4) is 11.5 Å². The molecule has 0 aliphatic heterocycles. The van der Waals surface area contributed by atoms with Gasteiger partial charge in [-0.3, -0.25) is 4.98 Å². The molecule has 0 bridgehead atoms. The van der Waals surface area contributed by atoms with Crippen molar-refractivity contribution in [3.63, 3.8) is 0 Å². The van der Waals surface area contributed by atoms with Gasteiger partial charge in [0.2, 0.25) is 0 Å². The second-order valence-electron chi connectivity index (χ2n) is 2.40. The lowest BCUT2D eigenvalue weighted by molar-refractivity contribution is 1.03. The van der Waals surface area contributed by atoms with Gasteiger partial charge in [-0.15, -0.1) is 0 Å². The summed E-state index contributed by atoms with van der Waals surface area (Å²) in [5.41, 5.74) is 0.762. The van der Waals surface area contributed by atoms with Gasteiger partial charge in [-0.1, -0.05) is 6.07 Å². The highest BCUT2D eigenvalue weighted by molar-refractivity contribution is 5.47. The first-order valence-electron chi connectivity index (χ1n) is 3.61. The van der Waals surface area contributed by atoms with Crippen molar-refractivity contribution in [2.24, 2.45) is 0 Å². The van der Waals surface area contributed by atoms with Crippen LogP contribution in [0.3, 0.4) is 0 Å². The van der Waals surface area contributed by atoms with Gasteiger partial charge in [0.25, 0.3) is 0 Å². The normalized spacial score (nSPS) is 10.1. The van der Waals surface area contributed by atoms with Crippen molar-refractivity contribution >= 4 is 0 Å². The van der Waals surface area contributed by atoms with Crippen LogP contribution >= 0.6 is 0 Å². The van der Waals surface area contributed by atoms with Gasteiger partial charge in [-0.2, -0.15) is 0 Å². The zero-order valence-electron chi connectivity index (χ0n) is 6.60. The molecular formula is C8H7N4-. The quantitative estimate of drug-likeness (QED) is 0.617. The number of rotatable bonds is 1. The van der Waals surface area contributed by atoms with Crippen molar-refractivity contribution in [2.45, 2.75) is 6.92 Å². The highest BCUT2D eigenvalue weighted by Gasteiger charge is 1.92. The van der Waals surface area contributed by atoms with Gasteiger partial charge in [0.15, 0.2) is 0 Å². The van der Waals surface area contributed by atoms with Crippen molar-refractivity contribution < 1.29 is 0 Å². The van der Waals surface area contributed by atoms with Crippen LogP contribution in [0.25, 0.3) is 11.5 Å². The molecule has 0 N–H and O–H groups in total. The van der Waals surface area contributed by atoms with E-state index in [4.69, 9.17) is 0 Å². The van der Waals surface area contributed by atoms with Gasteiger partial charge in [0, 0.05) is 12.0 Å². The summed E-state index contributed by atoms with van der Waals surface area (Å²) in [5.74, 6) is 1.27. The van der Waals surface area contributed by atoms with E-state index in [1.54, 1.807) is 13.1 Å². The summed E-state index contributed by atoms with van der Waals surface area (Å²) in [5, 5.41) is 7.65. The van der Waals surface area contributed by atoms with Crippen molar-refractivity contribution in [1.82, 2.24) is 20.2 Å². The summed E-state index contributed by atoms with van der Waals surface area (Å²) in [6.07, 6.45) is 1.71. The number of pyridine rings is 1.